The zero-order valence-electron chi connectivity index (χ0n) is 7.04. The topological polar surface area (TPSA) is 80.9 Å². The highest BCUT2D eigenvalue weighted by Gasteiger charge is 2.10. The second-order valence-electron chi connectivity index (χ2n) is 2.32. The number of amides is 1. The van der Waals surface area contributed by atoms with Crippen molar-refractivity contribution in [2.24, 2.45) is 5.73 Å². The standard InChI is InChI=1S/C7H9ClN4O/c1-2-10-7-4(6(9)13)3-5(8)11-12-7/h3H,2H2,1H3,(H2,9,13)(H,10,12). The third kappa shape index (κ3) is 2.29. The lowest BCUT2D eigenvalue weighted by Crippen LogP contribution is -2.16. The van der Waals surface area contributed by atoms with E-state index in [4.69, 9.17) is 17.3 Å². The van der Waals surface area contributed by atoms with Crippen molar-refractivity contribution in [2.45, 2.75) is 6.92 Å². The van der Waals surface area contributed by atoms with Crippen molar-refractivity contribution >= 4 is 23.3 Å². The Bertz CT molecular complexity index is 328. The highest BCUT2D eigenvalue weighted by Crippen LogP contribution is 2.13. The molecule has 0 unspecified atom stereocenters. The van der Waals surface area contributed by atoms with Gasteiger partial charge >= 0.3 is 0 Å². The van der Waals surface area contributed by atoms with Gasteiger partial charge in [0.2, 0.25) is 0 Å². The molecule has 0 aliphatic rings. The van der Waals surface area contributed by atoms with Crippen molar-refractivity contribution in [3.05, 3.63) is 16.8 Å². The Morgan fingerprint density at radius 3 is 2.92 bits per heavy atom. The first kappa shape index (κ1) is 9.73. The van der Waals surface area contributed by atoms with E-state index < -0.39 is 5.91 Å². The van der Waals surface area contributed by atoms with Gasteiger partial charge in [-0.3, -0.25) is 4.79 Å². The second-order valence-corrected chi connectivity index (χ2v) is 2.71. The van der Waals surface area contributed by atoms with Crippen LogP contribution in [0.1, 0.15) is 17.3 Å². The van der Waals surface area contributed by atoms with E-state index in [1.54, 1.807) is 0 Å². The van der Waals surface area contributed by atoms with Gasteiger partial charge in [0, 0.05) is 6.54 Å². The summed E-state index contributed by atoms with van der Waals surface area (Å²) in [5.41, 5.74) is 5.36. The minimum atomic E-state index is -0.576. The van der Waals surface area contributed by atoms with Crippen LogP contribution < -0.4 is 11.1 Å². The average molecular weight is 201 g/mol. The first-order valence-corrected chi connectivity index (χ1v) is 4.09. The fourth-order valence-electron chi connectivity index (χ4n) is 0.854. The largest absolute Gasteiger partial charge is 0.368 e. The van der Waals surface area contributed by atoms with Gasteiger partial charge in [0.05, 0.1) is 5.56 Å². The van der Waals surface area contributed by atoms with Crippen LogP contribution in [0.3, 0.4) is 0 Å². The summed E-state index contributed by atoms with van der Waals surface area (Å²) >= 11 is 5.55. The van der Waals surface area contributed by atoms with Crippen LogP contribution in [0.15, 0.2) is 6.07 Å². The summed E-state index contributed by atoms with van der Waals surface area (Å²) in [6, 6.07) is 1.38. The Morgan fingerprint density at radius 1 is 1.69 bits per heavy atom. The molecule has 0 spiro atoms. The maximum absolute atomic E-state index is 10.9. The maximum atomic E-state index is 10.9. The van der Waals surface area contributed by atoms with E-state index in [-0.39, 0.29) is 10.7 Å². The predicted molar refractivity (Wildman–Crippen MR) is 49.7 cm³/mol. The zero-order chi connectivity index (χ0) is 9.84. The number of aromatic nitrogens is 2. The molecule has 0 aliphatic heterocycles. The van der Waals surface area contributed by atoms with Crippen LogP contribution in [-0.4, -0.2) is 22.6 Å². The quantitative estimate of drug-likeness (QED) is 0.751. The lowest BCUT2D eigenvalue weighted by atomic mass is 10.2. The molecule has 5 nitrogen and oxygen atoms in total. The lowest BCUT2D eigenvalue weighted by Gasteiger charge is -2.05. The molecule has 0 saturated carbocycles. The Hall–Kier alpha value is -1.36. The van der Waals surface area contributed by atoms with Crippen molar-refractivity contribution < 1.29 is 4.79 Å². The third-order valence-electron chi connectivity index (χ3n) is 1.37. The smallest absolute Gasteiger partial charge is 0.252 e. The van der Waals surface area contributed by atoms with Gasteiger partial charge in [0.15, 0.2) is 11.0 Å². The molecule has 1 amide bonds. The SMILES string of the molecule is CCNc1nnc(Cl)cc1C(N)=O. The van der Waals surface area contributed by atoms with Gasteiger partial charge in [-0.1, -0.05) is 11.6 Å². The second kappa shape index (κ2) is 4.04. The summed E-state index contributed by atoms with van der Waals surface area (Å²) in [7, 11) is 0. The molecule has 0 bridgehead atoms. The number of nitrogens with zero attached hydrogens (tertiary/aromatic N) is 2. The summed E-state index contributed by atoms with van der Waals surface area (Å²) in [5.74, 6) is -0.216. The van der Waals surface area contributed by atoms with Crippen molar-refractivity contribution in [2.75, 3.05) is 11.9 Å². The zero-order valence-corrected chi connectivity index (χ0v) is 7.80. The normalized spacial score (nSPS) is 9.69. The van der Waals surface area contributed by atoms with E-state index in [9.17, 15) is 4.79 Å². The highest BCUT2D eigenvalue weighted by atomic mass is 35.5. The number of carbonyl (C=O) groups is 1. The predicted octanol–water partition coefficient (Wildman–Crippen LogP) is 0.661. The van der Waals surface area contributed by atoms with Crippen LogP contribution in [0.4, 0.5) is 5.82 Å². The van der Waals surface area contributed by atoms with Crippen LogP contribution in [0, 0.1) is 0 Å². The Kier molecular flexibility index (Phi) is 3.02. The summed E-state index contributed by atoms with van der Waals surface area (Å²) < 4.78 is 0. The number of primary amides is 1. The van der Waals surface area contributed by atoms with Gasteiger partial charge in [0.1, 0.15) is 0 Å². The molecule has 70 valence electrons. The van der Waals surface area contributed by atoms with Crippen LogP contribution >= 0.6 is 11.6 Å². The highest BCUT2D eigenvalue weighted by molar-refractivity contribution is 6.29. The molecule has 0 fully saturated rings. The molecule has 1 rings (SSSR count). The van der Waals surface area contributed by atoms with Gasteiger partial charge < -0.3 is 11.1 Å². The van der Waals surface area contributed by atoms with Crippen molar-refractivity contribution in [3.8, 4) is 0 Å². The van der Waals surface area contributed by atoms with Gasteiger partial charge in [-0.25, -0.2) is 0 Å². The molecule has 0 saturated heterocycles. The molecule has 0 aliphatic carbocycles. The summed E-state index contributed by atoms with van der Waals surface area (Å²) in [6.07, 6.45) is 0. The van der Waals surface area contributed by atoms with Crippen molar-refractivity contribution in [3.63, 3.8) is 0 Å². The third-order valence-corrected chi connectivity index (χ3v) is 1.56. The first-order chi connectivity index (χ1) is 6.15. The Balaban J connectivity index is 3.10. The number of nitrogens with two attached hydrogens (primary N) is 1. The number of nitrogens with one attached hydrogen (secondary N) is 1. The van der Waals surface area contributed by atoms with E-state index in [0.29, 0.717) is 12.4 Å². The number of halogens is 1. The fraction of sp³-hybridized carbons (Fsp3) is 0.286. The number of anilines is 1. The molecule has 0 radical (unpaired) electrons. The Morgan fingerprint density at radius 2 is 2.38 bits per heavy atom. The number of rotatable bonds is 3. The summed E-state index contributed by atoms with van der Waals surface area (Å²) in [4.78, 5) is 10.9. The maximum Gasteiger partial charge on any atom is 0.252 e. The van der Waals surface area contributed by atoms with Crippen molar-refractivity contribution in [1.29, 1.82) is 0 Å². The molecule has 6 heteroatoms. The summed E-state index contributed by atoms with van der Waals surface area (Å²) in [6.45, 7) is 2.51. The number of carbonyl (C=O) groups excluding carboxylic acids is 1. The molecular formula is C7H9ClN4O. The van der Waals surface area contributed by atoms with Crippen molar-refractivity contribution in [1.82, 2.24) is 10.2 Å². The van der Waals surface area contributed by atoms with Gasteiger partial charge in [0.25, 0.3) is 5.91 Å². The van der Waals surface area contributed by atoms with Gasteiger partial charge in [-0.15, -0.1) is 10.2 Å². The average Bonchev–Trinajstić information content (AvgIpc) is 2.08. The van der Waals surface area contributed by atoms with Crippen LogP contribution in [0.2, 0.25) is 5.15 Å². The fourth-order valence-corrected chi connectivity index (χ4v) is 1.00. The summed E-state index contributed by atoms with van der Waals surface area (Å²) in [5, 5.41) is 10.3. The molecule has 13 heavy (non-hydrogen) atoms. The monoisotopic (exact) mass is 200 g/mol. The van der Waals surface area contributed by atoms with Gasteiger partial charge in [-0.05, 0) is 13.0 Å². The molecule has 0 aromatic carbocycles. The van der Waals surface area contributed by atoms with E-state index in [2.05, 4.69) is 15.5 Å². The van der Waals surface area contributed by atoms with Crippen LogP contribution in [0.25, 0.3) is 0 Å². The van der Waals surface area contributed by atoms with E-state index >= 15 is 0 Å². The van der Waals surface area contributed by atoms with Crippen LogP contribution in [-0.2, 0) is 0 Å². The number of hydrogen-bond donors (Lipinski definition) is 2. The first-order valence-electron chi connectivity index (χ1n) is 3.72. The molecule has 3 N–H and O–H groups in total. The molecule has 1 aromatic heterocycles. The Labute approximate surface area is 80.3 Å². The number of hydrogen-bond acceptors (Lipinski definition) is 4. The van der Waals surface area contributed by atoms with Gasteiger partial charge in [-0.2, -0.15) is 0 Å². The lowest BCUT2D eigenvalue weighted by molar-refractivity contribution is 0.100. The molecule has 0 atom stereocenters. The van der Waals surface area contributed by atoms with E-state index in [1.807, 2.05) is 6.92 Å². The molecular weight excluding hydrogens is 192 g/mol. The molecule has 1 heterocycles. The van der Waals surface area contributed by atoms with E-state index in [1.165, 1.54) is 6.07 Å². The molecule has 1 aromatic rings. The van der Waals surface area contributed by atoms with E-state index in [0.717, 1.165) is 0 Å². The minimum Gasteiger partial charge on any atom is -0.368 e. The minimum absolute atomic E-state index is 0.149. The van der Waals surface area contributed by atoms with Crippen LogP contribution in [0.5, 0.6) is 0 Å².